The fourth-order valence-corrected chi connectivity index (χ4v) is 4.57. The first kappa shape index (κ1) is 16.2. The normalized spacial score (nSPS) is 15.2. The number of amides is 1. The predicted octanol–water partition coefficient (Wildman–Crippen LogP) is 2.73. The van der Waals surface area contributed by atoms with Crippen LogP contribution in [0.3, 0.4) is 0 Å². The van der Waals surface area contributed by atoms with Gasteiger partial charge in [0.15, 0.2) is 0 Å². The van der Waals surface area contributed by atoms with Crippen molar-refractivity contribution in [3.8, 4) is 0 Å². The van der Waals surface area contributed by atoms with Gasteiger partial charge in [-0.25, -0.2) is 8.42 Å². The number of carbonyl (C=O) groups excluding carboxylic acids is 1. The molecule has 1 heterocycles. The molecule has 1 amide bonds. The van der Waals surface area contributed by atoms with Crippen molar-refractivity contribution >= 4 is 27.3 Å². The Labute approximate surface area is 119 Å². The van der Waals surface area contributed by atoms with Crippen LogP contribution in [0.2, 0.25) is 0 Å². The van der Waals surface area contributed by atoms with Crippen molar-refractivity contribution in [1.82, 2.24) is 4.72 Å². The predicted molar refractivity (Wildman–Crippen MR) is 78.7 cm³/mol. The molecule has 0 aliphatic carbocycles. The Morgan fingerprint density at radius 2 is 2.00 bits per heavy atom. The van der Waals surface area contributed by atoms with Gasteiger partial charge in [-0.15, -0.1) is 11.3 Å². The molecule has 0 radical (unpaired) electrons. The van der Waals surface area contributed by atoms with Crippen molar-refractivity contribution in [3.63, 3.8) is 0 Å². The van der Waals surface area contributed by atoms with E-state index in [4.69, 9.17) is 0 Å². The van der Waals surface area contributed by atoms with Crippen LogP contribution < -0.4 is 4.72 Å². The van der Waals surface area contributed by atoms with E-state index in [0.29, 0.717) is 6.42 Å². The first-order chi connectivity index (χ1) is 8.79. The Hall–Kier alpha value is -0.880. The lowest BCUT2D eigenvalue weighted by Gasteiger charge is -2.21. The first-order valence-electron chi connectivity index (χ1n) is 6.38. The Morgan fingerprint density at radius 1 is 1.37 bits per heavy atom. The summed E-state index contributed by atoms with van der Waals surface area (Å²) in [5.74, 6) is -0.923. The quantitative estimate of drug-likeness (QED) is 0.879. The molecule has 0 saturated carbocycles. The van der Waals surface area contributed by atoms with Crippen LogP contribution in [-0.4, -0.2) is 19.6 Å². The largest absolute Gasteiger partial charge is 0.273 e. The lowest BCUT2D eigenvalue weighted by molar-refractivity contribution is -0.120. The molecule has 0 aromatic carbocycles. The van der Waals surface area contributed by atoms with E-state index in [1.54, 1.807) is 6.92 Å². The molecule has 19 heavy (non-hydrogen) atoms. The van der Waals surface area contributed by atoms with Crippen LogP contribution in [-0.2, 0) is 14.8 Å². The first-order valence-corrected chi connectivity index (χ1v) is 8.81. The number of hydrogen-bond donors (Lipinski definition) is 1. The minimum absolute atomic E-state index is 0.0210. The zero-order valence-corrected chi connectivity index (χ0v) is 13.3. The topological polar surface area (TPSA) is 63.2 Å². The Morgan fingerprint density at radius 3 is 2.42 bits per heavy atom. The van der Waals surface area contributed by atoms with E-state index in [-0.39, 0.29) is 5.92 Å². The molecular weight excluding hydrogens is 282 g/mol. The summed E-state index contributed by atoms with van der Waals surface area (Å²) in [4.78, 5) is 12.9. The standard InChI is InChI=1S/C13H21NO3S2/c1-5-12(9(2)3)19(16,17)14-13(15)10(4)11-7-6-8-18-11/h6-10,12H,5H2,1-4H3,(H,14,15)/t10-,12+/m1/s1. The lowest BCUT2D eigenvalue weighted by atomic mass is 10.1. The third-order valence-electron chi connectivity index (χ3n) is 3.15. The maximum atomic E-state index is 12.2. The van der Waals surface area contributed by atoms with Crippen LogP contribution >= 0.6 is 11.3 Å². The second-order valence-corrected chi connectivity index (χ2v) is 7.82. The van der Waals surface area contributed by atoms with Gasteiger partial charge in [-0.05, 0) is 30.7 Å². The summed E-state index contributed by atoms with van der Waals surface area (Å²) in [7, 11) is -3.60. The van der Waals surface area contributed by atoms with Gasteiger partial charge >= 0.3 is 0 Å². The van der Waals surface area contributed by atoms with E-state index in [0.717, 1.165) is 4.88 Å². The molecule has 0 fully saturated rings. The smallest absolute Gasteiger partial charge is 0.241 e. The van der Waals surface area contributed by atoms with Crippen molar-refractivity contribution in [2.45, 2.75) is 45.3 Å². The van der Waals surface area contributed by atoms with E-state index >= 15 is 0 Å². The van der Waals surface area contributed by atoms with Crippen molar-refractivity contribution in [2.24, 2.45) is 5.92 Å². The fourth-order valence-electron chi connectivity index (χ4n) is 2.02. The SMILES string of the molecule is CC[C@@H](C(C)C)S(=O)(=O)NC(=O)[C@H](C)c1cccs1. The number of hydrogen-bond acceptors (Lipinski definition) is 4. The summed E-state index contributed by atoms with van der Waals surface area (Å²) in [5, 5.41) is 1.34. The Bertz CT molecular complexity index is 506. The molecule has 0 spiro atoms. The molecule has 0 aliphatic rings. The molecule has 1 N–H and O–H groups in total. The summed E-state index contributed by atoms with van der Waals surface area (Å²) >= 11 is 1.45. The molecule has 4 nitrogen and oxygen atoms in total. The summed E-state index contributed by atoms with van der Waals surface area (Å²) in [6.07, 6.45) is 0.494. The van der Waals surface area contributed by atoms with E-state index < -0.39 is 27.1 Å². The number of carbonyl (C=O) groups is 1. The summed E-state index contributed by atoms with van der Waals surface area (Å²) < 4.78 is 26.5. The Balaban J connectivity index is 2.81. The van der Waals surface area contributed by atoms with Crippen molar-refractivity contribution in [3.05, 3.63) is 22.4 Å². The van der Waals surface area contributed by atoms with E-state index in [9.17, 15) is 13.2 Å². The number of nitrogens with one attached hydrogen (secondary N) is 1. The number of thiophene rings is 1. The molecule has 0 saturated heterocycles. The molecule has 0 unspecified atom stereocenters. The van der Waals surface area contributed by atoms with Gasteiger partial charge in [0.05, 0.1) is 11.2 Å². The highest BCUT2D eigenvalue weighted by Crippen LogP contribution is 2.22. The second-order valence-electron chi connectivity index (χ2n) is 4.94. The van der Waals surface area contributed by atoms with Crippen molar-refractivity contribution < 1.29 is 13.2 Å². The third kappa shape index (κ3) is 4.04. The molecule has 1 rings (SSSR count). The molecule has 0 aliphatic heterocycles. The average molecular weight is 303 g/mol. The zero-order valence-electron chi connectivity index (χ0n) is 11.7. The van der Waals surface area contributed by atoms with Crippen LogP contribution in [0, 0.1) is 5.92 Å². The van der Waals surface area contributed by atoms with Crippen molar-refractivity contribution in [2.75, 3.05) is 0 Å². The van der Waals surface area contributed by atoms with Crippen molar-refractivity contribution in [1.29, 1.82) is 0 Å². The number of rotatable bonds is 6. The highest BCUT2D eigenvalue weighted by molar-refractivity contribution is 7.90. The van der Waals surface area contributed by atoms with Crippen LogP contribution in [0.25, 0.3) is 0 Å². The minimum atomic E-state index is -3.60. The molecule has 0 bridgehead atoms. The molecule has 6 heteroatoms. The fraction of sp³-hybridized carbons (Fsp3) is 0.615. The zero-order chi connectivity index (χ0) is 14.6. The van der Waals surface area contributed by atoms with Gasteiger partial charge in [-0.1, -0.05) is 26.8 Å². The summed E-state index contributed by atoms with van der Waals surface area (Å²) in [6, 6.07) is 3.68. The van der Waals surface area contributed by atoms with Gasteiger partial charge in [0.2, 0.25) is 15.9 Å². The van der Waals surface area contributed by atoms with Gasteiger partial charge < -0.3 is 0 Å². The molecule has 108 valence electrons. The average Bonchev–Trinajstić information content (AvgIpc) is 2.80. The highest BCUT2D eigenvalue weighted by atomic mass is 32.2. The molecule has 1 aromatic heterocycles. The monoisotopic (exact) mass is 303 g/mol. The van der Waals surface area contributed by atoms with Gasteiger partial charge in [-0.2, -0.15) is 0 Å². The van der Waals surface area contributed by atoms with Gasteiger partial charge in [0.25, 0.3) is 0 Å². The van der Waals surface area contributed by atoms with E-state index in [1.807, 2.05) is 38.3 Å². The lowest BCUT2D eigenvalue weighted by Crippen LogP contribution is -2.42. The number of sulfonamides is 1. The highest BCUT2D eigenvalue weighted by Gasteiger charge is 2.30. The molecule has 2 atom stereocenters. The minimum Gasteiger partial charge on any atom is -0.273 e. The third-order valence-corrected chi connectivity index (χ3v) is 6.37. The summed E-state index contributed by atoms with van der Waals surface area (Å²) in [6.45, 7) is 7.23. The van der Waals surface area contributed by atoms with Gasteiger partial charge in [0.1, 0.15) is 0 Å². The van der Waals surface area contributed by atoms with Crippen LogP contribution in [0.5, 0.6) is 0 Å². The van der Waals surface area contributed by atoms with Crippen LogP contribution in [0.15, 0.2) is 17.5 Å². The van der Waals surface area contributed by atoms with Crippen LogP contribution in [0.4, 0.5) is 0 Å². The summed E-state index contributed by atoms with van der Waals surface area (Å²) in [5.41, 5.74) is 0. The maximum Gasteiger partial charge on any atom is 0.241 e. The molecule has 1 aromatic rings. The molecular formula is C13H21NO3S2. The van der Waals surface area contributed by atoms with Gasteiger partial charge in [-0.3, -0.25) is 9.52 Å². The van der Waals surface area contributed by atoms with Gasteiger partial charge in [0, 0.05) is 4.88 Å². The van der Waals surface area contributed by atoms with E-state index in [2.05, 4.69) is 4.72 Å². The second kappa shape index (κ2) is 6.52. The van der Waals surface area contributed by atoms with Crippen LogP contribution in [0.1, 0.15) is 44.9 Å². The van der Waals surface area contributed by atoms with E-state index in [1.165, 1.54) is 11.3 Å². The Kier molecular flexibility index (Phi) is 5.55. The maximum absolute atomic E-state index is 12.2.